The zero-order valence-corrected chi connectivity index (χ0v) is 10.5. The number of carbonyl (C=O) groups is 2. The summed E-state index contributed by atoms with van der Waals surface area (Å²) in [6.07, 6.45) is 0.992. The molecule has 104 valence electrons. The van der Waals surface area contributed by atoms with E-state index in [9.17, 15) is 18.4 Å². The van der Waals surface area contributed by atoms with E-state index in [1.54, 1.807) is 0 Å². The molecule has 0 aliphatic carbocycles. The van der Waals surface area contributed by atoms with Gasteiger partial charge < -0.3 is 10.4 Å². The quantitative estimate of drug-likeness (QED) is 0.830. The van der Waals surface area contributed by atoms with Crippen molar-refractivity contribution < 1.29 is 23.5 Å². The van der Waals surface area contributed by atoms with Crippen molar-refractivity contribution in [3.63, 3.8) is 0 Å². The number of nitrogens with one attached hydrogen (secondary N) is 1. The van der Waals surface area contributed by atoms with Gasteiger partial charge >= 0.3 is 5.97 Å². The molecule has 2 N–H and O–H groups in total. The monoisotopic (exact) mass is 271 g/mol. The Morgan fingerprint density at radius 3 is 2.58 bits per heavy atom. The summed E-state index contributed by atoms with van der Waals surface area (Å²) in [6.45, 7) is 1.37. The van der Waals surface area contributed by atoms with Gasteiger partial charge in [0.15, 0.2) is 11.6 Å². The van der Waals surface area contributed by atoms with Crippen LogP contribution < -0.4 is 5.32 Å². The second-order valence-corrected chi connectivity index (χ2v) is 4.23. The Kier molecular flexibility index (Phi) is 5.41. The zero-order chi connectivity index (χ0) is 14.4. The third-order valence-corrected chi connectivity index (χ3v) is 2.60. The highest BCUT2D eigenvalue weighted by molar-refractivity contribution is 5.83. The van der Waals surface area contributed by atoms with Gasteiger partial charge in [-0.25, -0.2) is 8.78 Å². The maximum atomic E-state index is 12.9. The molecule has 1 amide bonds. The molecule has 0 aromatic heterocycles. The van der Waals surface area contributed by atoms with Crippen molar-refractivity contribution in [2.45, 2.75) is 32.2 Å². The average molecular weight is 271 g/mol. The van der Waals surface area contributed by atoms with Crippen LogP contribution in [0.5, 0.6) is 0 Å². The van der Waals surface area contributed by atoms with Crippen molar-refractivity contribution in [3.05, 3.63) is 35.4 Å². The molecule has 4 nitrogen and oxygen atoms in total. The van der Waals surface area contributed by atoms with Gasteiger partial charge in [0.2, 0.25) is 5.91 Å². The first kappa shape index (κ1) is 15.1. The molecule has 0 saturated heterocycles. The summed E-state index contributed by atoms with van der Waals surface area (Å²) in [6, 6.07) is 2.65. The molecule has 19 heavy (non-hydrogen) atoms. The normalized spacial score (nSPS) is 11.9. The predicted octanol–water partition coefficient (Wildman–Crippen LogP) is 1.88. The summed E-state index contributed by atoms with van der Waals surface area (Å²) >= 11 is 0. The Labute approximate surface area is 109 Å². The minimum absolute atomic E-state index is 0.136. The van der Waals surface area contributed by atoms with Crippen LogP contribution in [0.2, 0.25) is 0 Å². The Balaban J connectivity index is 2.35. The van der Waals surface area contributed by atoms with Crippen LogP contribution in [0.1, 0.15) is 25.3 Å². The van der Waals surface area contributed by atoms with Crippen LogP contribution in [0.4, 0.5) is 8.78 Å². The van der Waals surface area contributed by atoms with Crippen molar-refractivity contribution in [1.29, 1.82) is 0 Å². The second-order valence-electron chi connectivity index (χ2n) is 4.23. The SMILES string of the molecule is C[C@@H](NC(=O)CCCc1ccc(F)c(F)c1)C(=O)O. The molecule has 1 rings (SSSR count). The van der Waals surface area contributed by atoms with Crippen LogP contribution >= 0.6 is 0 Å². The van der Waals surface area contributed by atoms with Gasteiger partial charge in [-0.2, -0.15) is 0 Å². The van der Waals surface area contributed by atoms with Crippen molar-refractivity contribution in [2.75, 3.05) is 0 Å². The van der Waals surface area contributed by atoms with Crippen LogP contribution in [0.15, 0.2) is 18.2 Å². The summed E-state index contributed by atoms with van der Waals surface area (Å²) in [7, 11) is 0. The lowest BCUT2D eigenvalue weighted by molar-refractivity contribution is -0.141. The largest absolute Gasteiger partial charge is 0.480 e. The smallest absolute Gasteiger partial charge is 0.325 e. The molecular formula is C13H15F2NO3. The first-order chi connectivity index (χ1) is 8.90. The molecule has 0 fully saturated rings. The van der Waals surface area contributed by atoms with E-state index in [2.05, 4.69) is 5.32 Å². The highest BCUT2D eigenvalue weighted by Crippen LogP contribution is 2.11. The first-order valence-electron chi connectivity index (χ1n) is 5.86. The summed E-state index contributed by atoms with van der Waals surface area (Å²) in [5.74, 6) is -3.30. The zero-order valence-electron chi connectivity index (χ0n) is 10.5. The van der Waals surface area contributed by atoms with Crippen molar-refractivity contribution >= 4 is 11.9 Å². The van der Waals surface area contributed by atoms with Crippen molar-refractivity contribution in [3.8, 4) is 0 Å². The maximum Gasteiger partial charge on any atom is 0.325 e. The fourth-order valence-corrected chi connectivity index (χ4v) is 1.52. The van der Waals surface area contributed by atoms with Crippen molar-refractivity contribution in [2.24, 2.45) is 0 Å². The number of benzene rings is 1. The van der Waals surface area contributed by atoms with Crippen LogP contribution in [0, 0.1) is 11.6 Å². The lowest BCUT2D eigenvalue weighted by Gasteiger charge is -2.09. The lowest BCUT2D eigenvalue weighted by Crippen LogP contribution is -2.38. The number of carboxylic acids is 1. The standard InChI is InChI=1S/C13H15F2NO3/c1-8(13(18)19)16-12(17)4-2-3-9-5-6-10(14)11(15)7-9/h5-8H,2-4H2,1H3,(H,16,17)(H,18,19)/t8-/m1/s1. The van der Waals surface area contributed by atoms with E-state index in [4.69, 9.17) is 5.11 Å². The molecular weight excluding hydrogens is 256 g/mol. The van der Waals surface area contributed by atoms with Gasteiger partial charge in [0.05, 0.1) is 0 Å². The fourth-order valence-electron chi connectivity index (χ4n) is 1.52. The van der Waals surface area contributed by atoms with E-state index >= 15 is 0 Å². The molecule has 1 atom stereocenters. The number of hydrogen-bond donors (Lipinski definition) is 2. The van der Waals surface area contributed by atoms with E-state index < -0.39 is 23.6 Å². The Hall–Kier alpha value is -1.98. The van der Waals surface area contributed by atoms with Gasteiger partial charge in [-0.15, -0.1) is 0 Å². The van der Waals surface area contributed by atoms with E-state index in [0.717, 1.165) is 12.1 Å². The predicted molar refractivity (Wildman–Crippen MR) is 64.5 cm³/mol. The molecule has 0 bridgehead atoms. The molecule has 0 unspecified atom stereocenters. The number of halogens is 2. The van der Waals surface area contributed by atoms with E-state index in [-0.39, 0.29) is 12.3 Å². The fraction of sp³-hybridized carbons (Fsp3) is 0.385. The molecule has 0 saturated carbocycles. The Morgan fingerprint density at radius 2 is 2.00 bits per heavy atom. The number of carbonyl (C=O) groups excluding carboxylic acids is 1. The molecule has 0 aliphatic rings. The number of rotatable bonds is 6. The molecule has 0 aliphatic heterocycles. The first-order valence-corrected chi connectivity index (χ1v) is 5.86. The maximum absolute atomic E-state index is 12.9. The summed E-state index contributed by atoms with van der Waals surface area (Å²) in [5.41, 5.74) is 0.595. The minimum Gasteiger partial charge on any atom is -0.480 e. The number of aliphatic carboxylic acids is 1. The third kappa shape index (κ3) is 5.03. The van der Waals surface area contributed by atoms with Crippen LogP contribution in [0.25, 0.3) is 0 Å². The summed E-state index contributed by atoms with van der Waals surface area (Å²) < 4.78 is 25.6. The average Bonchev–Trinajstić information content (AvgIpc) is 2.33. The second kappa shape index (κ2) is 6.82. The third-order valence-electron chi connectivity index (χ3n) is 2.60. The van der Waals surface area contributed by atoms with Gasteiger partial charge in [0.25, 0.3) is 0 Å². The summed E-state index contributed by atoms with van der Waals surface area (Å²) in [5, 5.41) is 10.9. The number of amides is 1. The number of carboxylic acid groups (broad SMARTS) is 1. The van der Waals surface area contributed by atoms with Gasteiger partial charge in [0, 0.05) is 6.42 Å². The van der Waals surface area contributed by atoms with Gasteiger partial charge in [-0.1, -0.05) is 6.07 Å². The Bertz CT molecular complexity index is 477. The van der Waals surface area contributed by atoms with Crippen LogP contribution in [-0.2, 0) is 16.0 Å². The lowest BCUT2D eigenvalue weighted by atomic mass is 10.1. The molecule has 6 heteroatoms. The van der Waals surface area contributed by atoms with Gasteiger partial charge in [-0.3, -0.25) is 9.59 Å². The molecule has 0 heterocycles. The van der Waals surface area contributed by atoms with Crippen LogP contribution in [0.3, 0.4) is 0 Å². The molecule has 1 aromatic carbocycles. The van der Waals surface area contributed by atoms with Gasteiger partial charge in [-0.05, 0) is 37.5 Å². The van der Waals surface area contributed by atoms with E-state index in [1.807, 2.05) is 0 Å². The number of aryl methyl sites for hydroxylation is 1. The topological polar surface area (TPSA) is 66.4 Å². The van der Waals surface area contributed by atoms with Crippen LogP contribution in [-0.4, -0.2) is 23.0 Å². The summed E-state index contributed by atoms with van der Waals surface area (Å²) in [4.78, 5) is 21.9. The molecule has 1 aromatic rings. The minimum atomic E-state index is -1.10. The molecule has 0 radical (unpaired) electrons. The van der Waals surface area contributed by atoms with Gasteiger partial charge in [0.1, 0.15) is 6.04 Å². The highest BCUT2D eigenvalue weighted by atomic mass is 19.2. The van der Waals surface area contributed by atoms with Crippen molar-refractivity contribution in [1.82, 2.24) is 5.32 Å². The van der Waals surface area contributed by atoms with E-state index in [1.165, 1.54) is 13.0 Å². The Morgan fingerprint density at radius 1 is 1.32 bits per heavy atom. The highest BCUT2D eigenvalue weighted by Gasteiger charge is 2.13. The number of hydrogen-bond acceptors (Lipinski definition) is 2. The molecule has 0 spiro atoms. The van der Waals surface area contributed by atoms with E-state index in [0.29, 0.717) is 18.4 Å².